The fourth-order valence-electron chi connectivity index (χ4n) is 2.25. The highest BCUT2D eigenvalue weighted by atomic mass is 16.5. The van der Waals surface area contributed by atoms with Crippen LogP contribution in [0.4, 0.5) is 5.69 Å². The van der Waals surface area contributed by atoms with E-state index in [1.165, 1.54) is 4.90 Å². The van der Waals surface area contributed by atoms with Crippen LogP contribution in [-0.2, 0) is 11.8 Å². The Hall–Kier alpha value is -2.76. The number of aromatic nitrogens is 1. The second-order valence-corrected chi connectivity index (χ2v) is 5.10. The molecule has 1 aromatic heterocycles. The van der Waals surface area contributed by atoms with E-state index in [4.69, 9.17) is 4.74 Å². The lowest BCUT2D eigenvalue weighted by atomic mass is 10.3. The van der Waals surface area contributed by atoms with Crippen molar-refractivity contribution in [3.8, 4) is 5.75 Å². The van der Waals surface area contributed by atoms with Crippen LogP contribution in [0.3, 0.4) is 0 Å². The molecule has 0 saturated carbocycles. The van der Waals surface area contributed by atoms with Crippen molar-refractivity contribution in [3.63, 3.8) is 0 Å². The van der Waals surface area contributed by atoms with Crippen LogP contribution in [0, 0.1) is 0 Å². The van der Waals surface area contributed by atoms with Crippen LogP contribution in [0.2, 0.25) is 0 Å². The van der Waals surface area contributed by atoms with Crippen LogP contribution < -0.4 is 10.1 Å². The van der Waals surface area contributed by atoms with E-state index in [-0.39, 0.29) is 18.4 Å². The van der Waals surface area contributed by atoms with Gasteiger partial charge in [0.25, 0.3) is 5.91 Å². The van der Waals surface area contributed by atoms with E-state index < -0.39 is 0 Å². The van der Waals surface area contributed by atoms with Crippen molar-refractivity contribution in [2.75, 3.05) is 25.5 Å². The van der Waals surface area contributed by atoms with Gasteiger partial charge in [0, 0.05) is 31.5 Å². The Balaban J connectivity index is 2.02. The lowest BCUT2D eigenvalue weighted by Crippen LogP contribution is -2.38. The molecule has 2 amide bonds. The standard InChI is InChI=1S/C17H21N3O3/c1-4-20(17(22)15-9-6-10-19(15)2)12-16(21)18-13-7-5-8-14(11-13)23-3/h5-11H,4,12H2,1-3H3,(H,18,21). The molecule has 0 radical (unpaired) electrons. The molecule has 122 valence electrons. The summed E-state index contributed by atoms with van der Waals surface area (Å²) in [4.78, 5) is 26.1. The minimum Gasteiger partial charge on any atom is -0.497 e. The molecule has 0 aliphatic rings. The summed E-state index contributed by atoms with van der Waals surface area (Å²) in [6.07, 6.45) is 1.80. The summed E-state index contributed by atoms with van der Waals surface area (Å²) in [5, 5.41) is 2.78. The Morgan fingerprint density at radius 3 is 2.65 bits per heavy atom. The smallest absolute Gasteiger partial charge is 0.270 e. The number of hydrogen-bond donors (Lipinski definition) is 1. The average molecular weight is 315 g/mol. The first kappa shape index (κ1) is 16.6. The molecule has 0 aliphatic heterocycles. The molecule has 6 heteroatoms. The van der Waals surface area contributed by atoms with Gasteiger partial charge in [0.05, 0.1) is 7.11 Å². The number of amides is 2. The van der Waals surface area contributed by atoms with Gasteiger partial charge in [-0.05, 0) is 31.2 Å². The summed E-state index contributed by atoms with van der Waals surface area (Å²) in [5.74, 6) is 0.249. The van der Waals surface area contributed by atoms with Crippen LogP contribution in [0.1, 0.15) is 17.4 Å². The number of aryl methyl sites for hydroxylation is 1. The monoisotopic (exact) mass is 315 g/mol. The number of anilines is 1. The number of nitrogens with zero attached hydrogens (tertiary/aromatic N) is 2. The zero-order valence-electron chi connectivity index (χ0n) is 13.6. The molecule has 23 heavy (non-hydrogen) atoms. The van der Waals surface area contributed by atoms with Crippen molar-refractivity contribution in [2.45, 2.75) is 6.92 Å². The third-order valence-corrected chi connectivity index (χ3v) is 3.52. The van der Waals surface area contributed by atoms with E-state index in [0.29, 0.717) is 23.7 Å². The fourth-order valence-corrected chi connectivity index (χ4v) is 2.25. The lowest BCUT2D eigenvalue weighted by molar-refractivity contribution is -0.116. The van der Waals surface area contributed by atoms with E-state index in [9.17, 15) is 9.59 Å². The predicted molar refractivity (Wildman–Crippen MR) is 88.6 cm³/mol. The van der Waals surface area contributed by atoms with Crippen molar-refractivity contribution >= 4 is 17.5 Å². The van der Waals surface area contributed by atoms with E-state index in [2.05, 4.69) is 5.32 Å². The van der Waals surface area contributed by atoms with Gasteiger partial charge in [-0.3, -0.25) is 9.59 Å². The van der Waals surface area contributed by atoms with Crippen molar-refractivity contribution in [1.82, 2.24) is 9.47 Å². The van der Waals surface area contributed by atoms with Crippen LogP contribution in [0.25, 0.3) is 0 Å². The third kappa shape index (κ3) is 4.12. The molecule has 0 atom stereocenters. The number of methoxy groups -OCH3 is 1. The van der Waals surface area contributed by atoms with Crippen LogP contribution >= 0.6 is 0 Å². The van der Waals surface area contributed by atoms with E-state index >= 15 is 0 Å². The SMILES string of the molecule is CCN(CC(=O)Nc1cccc(OC)c1)C(=O)c1cccn1C. The summed E-state index contributed by atoms with van der Waals surface area (Å²) in [6, 6.07) is 10.6. The molecule has 0 spiro atoms. The first-order valence-corrected chi connectivity index (χ1v) is 7.39. The minimum atomic E-state index is -0.248. The maximum absolute atomic E-state index is 12.5. The molecule has 0 aliphatic carbocycles. The largest absolute Gasteiger partial charge is 0.497 e. The van der Waals surface area contributed by atoms with Gasteiger partial charge in [-0.2, -0.15) is 0 Å². The van der Waals surface area contributed by atoms with Crippen molar-refractivity contribution in [2.24, 2.45) is 7.05 Å². The second-order valence-electron chi connectivity index (χ2n) is 5.10. The van der Waals surface area contributed by atoms with Gasteiger partial charge in [0.15, 0.2) is 0 Å². The highest BCUT2D eigenvalue weighted by Gasteiger charge is 2.19. The zero-order chi connectivity index (χ0) is 16.8. The fraction of sp³-hybridized carbons (Fsp3) is 0.294. The van der Waals surface area contributed by atoms with Gasteiger partial charge >= 0.3 is 0 Å². The molecular formula is C17H21N3O3. The van der Waals surface area contributed by atoms with E-state index in [1.54, 1.807) is 61.3 Å². The number of carbonyl (C=O) groups is 2. The summed E-state index contributed by atoms with van der Waals surface area (Å²) in [7, 11) is 3.37. The van der Waals surface area contributed by atoms with Gasteiger partial charge in [-0.1, -0.05) is 6.07 Å². The first-order chi connectivity index (χ1) is 11.0. The van der Waals surface area contributed by atoms with Crippen molar-refractivity contribution < 1.29 is 14.3 Å². The highest BCUT2D eigenvalue weighted by Crippen LogP contribution is 2.16. The molecule has 0 bridgehead atoms. The lowest BCUT2D eigenvalue weighted by Gasteiger charge is -2.20. The molecule has 2 rings (SSSR count). The van der Waals surface area contributed by atoms with Gasteiger partial charge < -0.3 is 19.5 Å². The Morgan fingerprint density at radius 2 is 2.04 bits per heavy atom. The van der Waals surface area contributed by atoms with Crippen LogP contribution in [-0.4, -0.2) is 41.5 Å². The number of likely N-dealkylation sites (N-methyl/N-ethyl adjacent to an activating group) is 1. The minimum absolute atomic E-state index is 0.00226. The molecule has 1 aromatic carbocycles. The molecule has 2 aromatic rings. The van der Waals surface area contributed by atoms with Crippen molar-refractivity contribution in [1.29, 1.82) is 0 Å². The molecule has 6 nitrogen and oxygen atoms in total. The topological polar surface area (TPSA) is 63.6 Å². The average Bonchev–Trinajstić information content (AvgIpc) is 2.98. The van der Waals surface area contributed by atoms with Gasteiger partial charge in [0.2, 0.25) is 5.91 Å². The van der Waals surface area contributed by atoms with Crippen molar-refractivity contribution in [3.05, 3.63) is 48.3 Å². The Morgan fingerprint density at radius 1 is 1.26 bits per heavy atom. The summed E-state index contributed by atoms with van der Waals surface area (Å²) >= 11 is 0. The molecule has 0 unspecified atom stereocenters. The highest BCUT2D eigenvalue weighted by molar-refractivity contribution is 5.98. The summed E-state index contributed by atoms with van der Waals surface area (Å²) in [5.41, 5.74) is 1.19. The first-order valence-electron chi connectivity index (χ1n) is 7.39. The summed E-state index contributed by atoms with van der Waals surface area (Å²) < 4.78 is 6.86. The third-order valence-electron chi connectivity index (χ3n) is 3.52. The van der Waals surface area contributed by atoms with E-state index in [1.807, 2.05) is 6.92 Å². The maximum Gasteiger partial charge on any atom is 0.270 e. The second kappa shape index (κ2) is 7.49. The molecule has 0 saturated heterocycles. The number of rotatable bonds is 6. The van der Waals surface area contributed by atoms with Gasteiger partial charge in [0.1, 0.15) is 18.0 Å². The Bertz CT molecular complexity index is 694. The molecule has 1 heterocycles. The molecular weight excluding hydrogens is 294 g/mol. The van der Waals surface area contributed by atoms with Gasteiger partial charge in [-0.15, -0.1) is 0 Å². The number of benzene rings is 1. The van der Waals surface area contributed by atoms with Crippen LogP contribution in [0.15, 0.2) is 42.6 Å². The Labute approximate surface area is 135 Å². The normalized spacial score (nSPS) is 10.2. The predicted octanol–water partition coefficient (Wildman–Crippen LogP) is 2.13. The van der Waals surface area contributed by atoms with Crippen LogP contribution in [0.5, 0.6) is 5.75 Å². The zero-order valence-corrected chi connectivity index (χ0v) is 13.6. The molecule has 1 N–H and O–H groups in total. The number of nitrogens with one attached hydrogen (secondary N) is 1. The number of hydrogen-bond acceptors (Lipinski definition) is 3. The number of ether oxygens (including phenoxy) is 1. The quantitative estimate of drug-likeness (QED) is 0.888. The number of carbonyl (C=O) groups excluding carboxylic acids is 2. The van der Waals surface area contributed by atoms with Gasteiger partial charge in [-0.25, -0.2) is 0 Å². The molecule has 0 fully saturated rings. The maximum atomic E-state index is 12.5. The summed E-state index contributed by atoms with van der Waals surface area (Å²) in [6.45, 7) is 2.30. The van der Waals surface area contributed by atoms with E-state index in [0.717, 1.165) is 0 Å². The Kier molecular flexibility index (Phi) is 5.41.